The summed E-state index contributed by atoms with van der Waals surface area (Å²) < 4.78 is 40.2. The van der Waals surface area contributed by atoms with Crippen LogP contribution in [0.1, 0.15) is 40.6 Å². The fourth-order valence-electron chi connectivity index (χ4n) is 3.35. The van der Waals surface area contributed by atoms with Crippen LogP contribution in [0.2, 0.25) is 0 Å². The van der Waals surface area contributed by atoms with Crippen LogP contribution in [0.25, 0.3) is 0 Å². The lowest BCUT2D eigenvalue weighted by Gasteiger charge is -2.33. The topological polar surface area (TPSA) is 108 Å². The molecule has 0 bridgehead atoms. The van der Waals surface area contributed by atoms with Gasteiger partial charge in [-0.25, -0.2) is 0 Å². The van der Waals surface area contributed by atoms with Gasteiger partial charge in [-0.2, -0.15) is 23.5 Å². The van der Waals surface area contributed by atoms with Crippen molar-refractivity contribution in [3.8, 4) is 6.07 Å². The number of rotatable bonds is 4. The van der Waals surface area contributed by atoms with E-state index in [2.05, 4.69) is 20.8 Å². The van der Waals surface area contributed by atoms with Crippen LogP contribution >= 0.6 is 0 Å². The number of alkyl halides is 3. The molecule has 7 nitrogen and oxygen atoms in total. The molecule has 1 unspecified atom stereocenters. The fraction of sp³-hybridized carbons (Fsp3) is 0.300. The predicted octanol–water partition coefficient (Wildman–Crippen LogP) is 2.86. The van der Waals surface area contributed by atoms with Crippen molar-refractivity contribution in [1.29, 1.82) is 5.26 Å². The molecule has 2 amide bonds. The number of nitriles is 1. The molecular weight excluding hydrogens is 399 g/mol. The van der Waals surface area contributed by atoms with Gasteiger partial charge in [0.1, 0.15) is 6.07 Å². The number of nitrogens with zero attached hydrogens (tertiary/aromatic N) is 3. The molecule has 2 aliphatic rings. The van der Waals surface area contributed by atoms with Crippen LogP contribution in [0.3, 0.4) is 0 Å². The SMILES string of the molecule is CC1=C(CC(=O)N[C@H](C)c2ccc(C#N)nn2)C(=O)NC2[CH]C=CC(C(F)(F)F)=C12.[HH].[HH]. The van der Waals surface area contributed by atoms with E-state index < -0.39 is 42.1 Å². The average molecular weight is 420 g/mol. The number of amides is 2. The van der Waals surface area contributed by atoms with E-state index in [1.807, 2.05) is 6.07 Å². The Morgan fingerprint density at radius 1 is 1.40 bits per heavy atom. The first-order valence-corrected chi connectivity index (χ1v) is 8.98. The molecule has 1 radical (unpaired) electrons. The van der Waals surface area contributed by atoms with Crippen LogP contribution < -0.4 is 10.6 Å². The minimum atomic E-state index is -4.59. The van der Waals surface area contributed by atoms with E-state index in [1.165, 1.54) is 31.6 Å². The standard InChI is InChI=1S/C20H17F3N5O2.2H2/c1-10-13(8-17(29)25-11(2)15-7-6-12(9-24)27-28-15)19(30)26-16-5-3-4-14(18(10)16)20(21,22)23;;/h3-7,11,16H,8H2,1-2H3,(H,25,29)(H,26,30);2*1H/t11-,16?;;/m1../s1. The molecule has 0 spiro atoms. The van der Waals surface area contributed by atoms with Crippen molar-refractivity contribution in [3.05, 3.63) is 64.4 Å². The number of carbonyl (C=O) groups excluding carboxylic acids is 2. The number of hydrogen-bond acceptors (Lipinski definition) is 5. The minimum absolute atomic E-state index is 0. The summed E-state index contributed by atoms with van der Waals surface area (Å²) >= 11 is 0. The third-order valence-corrected chi connectivity index (χ3v) is 4.85. The van der Waals surface area contributed by atoms with Gasteiger partial charge in [-0.15, -0.1) is 5.10 Å². The maximum atomic E-state index is 13.4. The summed E-state index contributed by atoms with van der Waals surface area (Å²) in [5, 5.41) is 21.4. The molecule has 1 aliphatic heterocycles. The minimum Gasteiger partial charge on any atom is -0.348 e. The summed E-state index contributed by atoms with van der Waals surface area (Å²) in [4.78, 5) is 24.9. The molecule has 2 atom stereocenters. The van der Waals surface area contributed by atoms with Gasteiger partial charge in [0.2, 0.25) is 11.8 Å². The molecule has 2 heterocycles. The van der Waals surface area contributed by atoms with Gasteiger partial charge in [-0.05, 0) is 37.1 Å². The first-order valence-electron chi connectivity index (χ1n) is 8.98. The molecule has 0 fully saturated rings. The fourth-order valence-corrected chi connectivity index (χ4v) is 3.35. The Morgan fingerprint density at radius 3 is 2.73 bits per heavy atom. The Hall–Kier alpha value is -3.48. The van der Waals surface area contributed by atoms with Crippen LogP contribution in [0, 0.1) is 17.8 Å². The number of nitrogens with one attached hydrogen (secondary N) is 2. The van der Waals surface area contributed by atoms with Gasteiger partial charge in [-0.3, -0.25) is 9.59 Å². The van der Waals surface area contributed by atoms with E-state index in [4.69, 9.17) is 5.26 Å². The second-order valence-corrected chi connectivity index (χ2v) is 6.85. The van der Waals surface area contributed by atoms with Gasteiger partial charge < -0.3 is 10.6 Å². The zero-order chi connectivity index (χ0) is 22.1. The maximum absolute atomic E-state index is 13.4. The molecule has 1 aromatic heterocycles. The number of hydrogen-bond donors (Lipinski definition) is 2. The molecule has 3 rings (SSSR count). The lowest BCUT2D eigenvalue weighted by atomic mass is 9.82. The summed E-state index contributed by atoms with van der Waals surface area (Å²) in [5.41, 5.74) is -0.265. The van der Waals surface area contributed by atoms with Gasteiger partial charge in [-0.1, -0.05) is 12.2 Å². The van der Waals surface area contributed by atoms with Gasteiger partial charge in [0, 0.05) is 14.8 Å². The first-order chi connectivity index (χ1) is 14.1. The molecule has 10 heteroatoms. The zero-order valence-corrected chi connectivity index (χ0v) is 16.0. The average Bonchev–Trinajstić information content (AvgIpc) is 2.70. The maximum Gasteiger partial charge on any atom is 0.416 e. The molecule has 30 heavy (non-hydrogen) atoms. The summed E-state index contributed by atoms with van der Waals surface area (Å²) in [7, 11) is 0. The number of carbonyl (C=O) groups is 2. The Bertz CT molecular complexity index is 1030. The van der Waals surface area contributed by atoms with Gasteiger partial charge in [0.25, 0.3) is 0 Å². The van der Waals surface area contributed by atoms with Crippen molar-refractivity contribution in [2.75, 3.05) is 0 Å². The molecule has 1 aliphatic carbocycles. The van der Waals surface area contributed by atoms with Crippen molar-refractivity contribution >= 4 is 11.8 Å². The van der Waals surface area contributed by atoms with E-state index in [0.717, 1.165) is 6.08 Å². The number of fused-ring (bicyclic) bond motifs is 1. The second-order valence-electron chi connectivity index (χ2n) is 6.85. The highest BCUT2D eigenvalue weighted by Gasteiger charge is 2.41. The van der Waals surface area contributed by atoms with E-state index >= 15 is 0 Å². The van der Waals surface area contributed by atoms with Crippen molar-refractivity contribution in [1.82, 2.24) is 20.8 Å². The van der Waals surface area contributed by atoms with Crippen LogP contribution in [0.15, 0.2) is 46.6 Å². The van der Waals surface area contributed by atoms with Gasteiger partial charge >= 0.3 is 6.18 Å². The normalized spacial score (nSPS) is 19.7. The molecular formula is C20H21F3N5O2. The zero-order valence-electron chi connectivity index (χ0n) is 16.0. The molecule has 0 saturated heterocycles. The largest absolute Gasteiger partial charge is 0.416 e. The third kappa shape index (κ3) is 4.25. The molecule has 0 aromatic carbocycles. The Labute approximate surface area is 173 Å². The number of halogens is 3. The summed E-state index contributed by atoms with van der Waals surface area (Å²) in [5.74, 6) is -1.14. The molecule has 159 valence electrons. The highest BCUT2D eigenvalue weighted by molar-refractivity contribution is 6.02. The predicted molar refractivity (Wildman–Crippen MR) is 103 cm³/mol. The Kier molecular flexibility index (Phi) is 5.73. The van der Waals surface area contributed by atoms with E-state index in [1.54, 1.807) is 6.92 Å². The lowest BCUT2D eigenvalue weighted by Crippen LogP contribution is -2.45. The first kappa shape index (κ1) is 21.2. The van der Waals surface area contributed by atoms with Crippen molar-refractivity contribution in [2.24, 2.45) is 0 Å². The third-order valence-electron chi connectivity index (χ3n) is 4.85. The van der Waals surface area contributed by atoms with Crippen molar-refractivity contribution in [3.63, 3.8) is 0 Å². The smallest absolute Gasteiger partial charge is 0.348 e. The summed E-state index contributed by atoms with van der Waals surface area (Å²) in [6.07, 6.45) is -1.30. The van der Waals surface area contributed by atoms with Crippen LogP contribution in [0.5, 0.6) is 0 Å². The quantitative estimate of drug-likeness (QED) is 0.779. The molecule has 1 aromatic rings. The van der Waals surface area contributed by atoms with Crippen LogP contribution in [-0.4, -0.2) is 34.2 Å². The van der Waals surface area contributed by atoms with Crippen molar-refractivity contribution in [2.45, 2.75) is 38.5 Å². The van der Waals surface area contributed by atoms with E-state index in [9.17, 15) is 22.8 Å². The van der Waals surface area contributed by atoms with Crippen LogP contribution in [0.4, 0.5) is 13.2 Å². The highest BCUT2D eigenvalue weighted by atomic mass is 19.4. The van der Waals surface area contributed by atoms with Crippen molar-refractivity contribution < 1.29 is 25.6 Å². The molecule has 0 saturated carbocycles. The lowest BCUT2D eigenvalue weighted by molar-refractivity contribution is -0.124. The van der Waals surface area contributed by atoms with Gasteiger partial charge in [0.05, 0.1) is 29.8 Å². The van der Waals surface area contributed by atoms with Gasteiger partial charge in [0.15, 0.2) is 5.69 Å². The second kappa shape index (κ2) is 8.10. The van der Waals surface area contributed by atoms with Crippen LogP contribution in [-0.2, 0) is 9.59 Å². The van der Waals surface area contributed by atoms with E-state index in [-0.39, 0.29) is 25.3 Å². The monoisotopic (exact) mass is 420 g/mol. The van der Waals surface area contributed by atoms with E-state index in [0.29, 0.717) is 5.69 Å². The highest BCUT2D eigenvalue weighted by Crippen LogP contribution is 2.39. The number of aromatic nitrogens is 2. The summed E-state index contributed by atoms with van der Waals surface area (Å²) in [6, 6.07) is 3.35. The Balaban J connectivity index is 0.00000256. The molecule has 2 N–H and O–H groups in total. The number of allylic oxidation sites excluding steroid dienone is 2. The summed E-state index contributed by atoms with van der Waals surface area (Å²) in [6.45, 7) is 3.05. The Morgan fingerprint density at radius 2 is 2.13 bits per heavy atom.